The Morgan fingerprint density at radius 1 is 1.14 bits per heavy atom. The number of benzene rings is 2. The van der Waals surface area contributed by atoms with Gasteiger partial charge < -0.3 is 14.3 Å². The number of furan rings is 1. The van der Waals surface area contributed by atoms with Gasteiger partial charge in [0.2, 0.25) is 11.5 Å². The number of hydrogen-bond donors (Lipinski definition) is 1. The molecule has 0 saturated carbocycles. The quantitative estimate of drug-likeness (QED) is 0.510. The molecule has 0 saturated heterocycles. The highest BCUT2D eigenvalue weighted by molar-refractivity contribution is 6.02. The van der Waals surface area contributed by atoms with Crippen molar-refractivity contribution in [3.05, 3.63) is 71.4 Å². The monoisotopic (exact) mass is 386 g/mol. The Balaban J connectivity index is 1.41. The maximum absolute atomic E-state index is 12.7. The zero-order valence-electron chi connectivity index (χ0n) is 15.8. The summed E-state index contributed by atoms with van der Waals surface area (Å²) in [5.41, 5.74) is 2.68. The third-order valence-corrected chi connectivity index (χ3v) is 5.06. The summed E-state index contributed by atoms with van der Waals surface area (Å²) >= 11 is 0. The first-order valence-corrected chi connectivity index (χ1v) is 9.39. The Labute approximate surface area is 165 Å². The van der Waals surface area contributed by atoms with Crippen molar-refractivity contribution in [2.75, 3.05) is 5.32 Å². The molecule has 0 unspecified atom stereocenters. The van der Waals surface area contributed by atoms with E-state index in [1.807, 2.05) is 48.7 Å². The van der Waals surface area contributed by atoms with Crippen molar-refractivity contribution in [2.24, 2.45) is 0 Å². The van der Waals surface area contributed by atoms with Crippen LogP contribution in [0, 0.1) is 0 Å². The summed E-state index contributed by atoms with van der Waals surface area (Å²) in [7, 11) is 0. The standard InChI is InChI=1S/C22H18N4O3/c1-2-25-10-9-14-11-15(7-8-17(14)25)24-19(27)12-26-13-23-20-16-5-3-4-6-18(16)29-21(20)22(26)28/h3-11,13H,2,12H2,1H3,(H,24,27). The van der Waals surface area contributed by atoms with Gasteiger partial charge in [0.25, 0.3) is 5.56 Å². The van der Waals surface area contributed by atoms with Gasteiger partial charge in [0.1, 0.15) is 17.6 Å². The molecule has 7 heteroatoms. The lowest BCUT2D eigenvalue weighted by atomic mass is 10.2. The van der Waals surface area contributed by atoms with Gasteiger partial charge in [-0.05, 0) is 43.3 Å². The molecular weight excluding hydrogens is 368 g/mol. The smallest absolute Gasteiger partial charge is 0.297 e. The number of aryl methyl sites for hydroxylation is 1. The molecule has 0 radical (unpaired) electrons. The van der Waals surface area contributed by atoms with Crippen LogP contribution < -0.4 is 10.9 Å². The molecule has 0 aliphatic heterocycles. The summed E-state index contributed by atoms with van der Waals surface area (Å²) in [6, 6.07) is 15.1. The maximum Gasteiger partial charge on any atom is 0.297 e. The minimum Gasteiger partial charge on any atom is -0.448 e. The number of carbonyl (C=O) groups excluding carboxylic acids is 1. The number of nitrogens with one attached hydrogen (secondary N) is 1. The van der Waals surface area contributed by atoms with E-state index in [1.165, 1.54) is 10.9 Å². The molecule has 0 fully saturated rings. The van der Waals surface area contributed by atoms with Gasteiger partial charge in [-0.1, -0.05) is 12.1 Å². The highest BCUT2D eigenvalue weighted by Crippen LogP contribution is 2.24. The topological polar surface area (TPSA) is 82.1 Å². The van der Waals surface area contributed by atoms with Crippen molar-refractivity contribution in [1.29, 1.82) is 0 Å². The zero-order chi connectivity index (χ0) is 20.0. The van der Waals surface area contributed by atoms with Crippen LogP contribution in [-0.2, 0) is 17.9 Å². The van der Waals surface area contributed by atoms with Gasteiger partial charge >= 0.3 is 0 Å². The number of carbonyl (C=O) groups is 1. The minimum atomic E-state index is -0.378. The van der Waals surface area contributed by atoms with E-state index in [0.717, 1.165) is 22.8 Å². The Hall–Kier alpha value is -3.87. The number of aromatic nitrogens is 3. The van der Waals surface area contributed by atoms with Gasteiger partial charge in [-0.15, -0.1) is 0 Å². The third-order valence-electron chi connectivity index (χ3n) is 5.06. The second-order valence-electron chi connectivity index (χ2n) is 6.88. The van der Waals surface area contributed by atoms with Crippen LogP contribution >= 0.6 is 0 Å². The van der Waals surface area contributed by atoms with Crippen LogP contribution in [0.4, 0.5) is 5.69 Å². The van der Waals surface area contributed by atoms with Gasteiger partial charge in [0.05, 0.1) is 6.33 Å². The van der Waals surface area contributed by atoms with Crippen molar-refractivity contribution in [3.8, 4) is 0 Å². The molecule has 0 bridgehead atoms. The molecule has 2 aromatic carbocycles. The van der Waals surface area contributed by atoms with E-state index in [-0.39, 0.29) is 23.6 Å². The van der Waals surface area contributed by atoms with Crippen LogP contribution in [0.1, 0.15) is 6.92 Å². The molecule has 0 atom stereocenters. The van der Waals surface area contributed by atoms with Gasteiger partial charge in [-0.25, -0.2) is 4.98 Å². The van der Waals surface area contributed by atoms with E-state index >= 15 is 0 Å². The summed E-state index contributed by atoms with van der Waals surface area (Å²) in [5, 5.41) is 4.67. The normalized spacial score (nSPS) is 11.5. The van der Waals surface area contributed by atoms with E-state index in [9.17, 15) is 9.59 Å². The van der Waals surface area contributed by atoms with Crippen molar-refractivity contribution < 1.29 is 9.21 Å². The fourth-order valence-electron chi connectivity index (χ4n) is 3.64. The van der Waals surface area contributed by atoms with E-state index in [1.54, 1.807) is 6.07 Å². The first-order valence-electron chi connectivity index (χ1n) is 9.39. The Kier molecular flexibility index (Phi) is 3.94. The van der Waals surface area contributed by atoms with Crippen molar-refractivity contribution >= 4 is 44.6 Å². The molecule has 7 nitrogen and oxygen atoms in total. The van der Waals surface area contributed by atoms with Crippen LogP contribution in [0.5, 0.6) is 0 Å². The van der Waals surface area contributed by atoms with Gasteiger partial charge in [-0.2, -0.15) is 0 Å². The molecule has 144 valence electrons. The summed E-state index contributed by atoms with van der Waals surface area (Å²) in [6.07, 6.45) is 3.40. The molecule has 0 aliphatic rings. The lowest BCUT2D eigenvalue weighted by Gasteiger charge is -2.08. The molecule has 5 aromatic rings. The molecular formula is C22H18N4O3. The van der Waals surface area contributed by atoms with Crippen molar-refractivity contribution in [1.82, 2.24) is 14.1 Å². The number of para-hydroxylation sites is 1. The average molecular weight is 386 g/mol. The van der Waals surface area contributed by atoms with Crippen molar-refractivity contribution in [2.45, 2.75) is 20.0 Å². The zero-order valence-corrected chi connectivity index (χ0v) is 15.8. The van der Waals surface area contributed by atoms with E-state index < -0.39 is 0 Å². The Morgan fingerprint density at radius 2 is 2.00 bits per heavy atom. The molecule has 3 heterocycles. The number of amides is 1. The lowest BCUT2D eigenvalue weighted by Crippen LogP contribution is -2.27. The first-order chi connectivity index (χ1) is 14.1. The number of hydrogen-bond acceptors (Lipinski definition) is 4. The second-order valence-corrected chi connectivity index (χ2v) is 6.88. The minimum absolute atomic E-state index is 0.146. The SMILES string of the molecule is CCn1ccc2cc(NC(=O)Cn3cnc4c(oc5ccccc54)c3=O)ccc21. The first kappa shape index (κ1) is 17.2. The fraction of sp³-hybridized carbons (Fsp3) is 0.136. The van der Waals surface area contributed by atoms with E-state index in [4.69, 9.17) is 4.42 Å². The number of nitrogens with zero attached hydrogens (tertiary/aromatic N) is 3. The van der Waals surface area contributed by atoms with Gasteiger partial charge in [0, 0.05) is 34.7 Å². The van der Waals surface area contributed by atoms with E-state index in [0.29, 0.717) is 16.8 Å². The molecule has 3 aromatic heterocycles. The van der Waals surface area contributed by atoms with Crippen molar-refractivity contribution in [3.63, 3.8) is 0 Å². The second kappa shape index (κ2) is 6.63. The Morgan fingerprint density at radius 3 is 2.86 bits per heavy atom. The molecule has 0 aliphatic carbocycles. The summed E-state index contributed by atoms with van der Waals surface area (Å²) < 4.78 is 9.04. The highest BCUT2D eigenvalue weighted by Gasteiger charge is 2.14. The Bertz CT molecular complexity index is 1440. The summed E-state index contributed by atoms with van der Waals surface area (Å²) in [6.45, 7) is 2.82. The maximum atomic E-state index is 12.7. The largest absolute Gasteiger partial charge is 0.448 e. The van der Waals surface area contributed by atoms with Crippen LogP contribution in [-0.4, -0.2) is 20.0 Å². The van der Waals surface area contributed by atoms with Gasteiger partial charge in [0.15, 0.2) is 0 Å². The number of rotatable bonds is 4. The predicted molar refractivity (Wildman–Crippen MR) is 112 cm³/mol. The fourth-order valence-corrected chi connectivity index (χ4v) is 3.64. The lowest BCUT2D eigenvalue weighted by molar-refractivity contribution is -0.116. The van der Waals surface area contributed by atoms with Crippen LogP contribution in [0.15, 0.2) is 70.3 Å². The molecule has 29 heavy (non-hydrogen) atoms. The summed E-state index contributed by atoms with van der Waals surface area (Å²) in [5.74, 6) is -0.307. The van der Waals surface area contributed by atoms with Crippen LogP contribution in [0.2, 0.25) is 0 Å². The van der Waals surface area contributed by atoms with Crippen LogP contribution in [0.3, 0.4) is 0 Å². The van der Waals surface area contributed by atoms with Gasteiger partial charge in [-0.3, -0.25) is 14.2 Å². The molecule has 1 N–H and O–H groups in total. The number of fused-ring (bicyclic) bond motifs is 4. The van der Waals surface area contributed by atoms with E-state index in [2.05, 4.69) is 21.8 Å². The van der Waals surface area contributed by atoms with Crippen LogP contribution in [0.25, 0.3) is 33.0 Å². The molecule has 1 amide bonds. The number of anilines is 1. The molecule has 5 rings (SSSR count). The average Bonchev–Trinajstić information content (AvgIpc) is 3.31. The summed E-state index contributed by atoms with van der Waals surface area (Å²) in [4.78, 5) is 29.6. The highest BCUT2D eigenvalue weighted by atomic mass is 16.3. The third kappa shape index (κ3) is 2.87. The predicted octanol–water partition coefficient (Wildman–Crippen LogP) is 3.76. The molecule has 0 spiro atoms.